The van der Waals surface area contributed by atoms with Crippen molar-refractivity contribution in [2.75, 3.05) is 0 Å². The van der Waals surface area contributed by atoms with Crippen molar-refractivity contribution in [1.82, 2.24) is 4.98 Å². The van der Waals surface area contributed by atoms with E-state index in [9.17, 15) is 0 Å². The summed E-state index contributed by atoms with van der Waals surface area (Å²) in [4.78, 5) is 3.84. The topological polar surface area (TPSA) is 36.7 Å². The van der Waals surface area contributed by atoms with Gasteiger partial charge in [-0.2, -0.15) is 0 Å². The summed E-state index contributed by atoms with van der Waals surface area (Å²) in [6.45, 7) is 1.87. The van der Waals surface area contributed by atoms with Gasteiger partial charge in [-0.1, -0.05) is 29.7 Å². The van der Waals surface area contributed by atoms with E-state index in [2.05, 4.69) is 4.98 Å². The zero-order valence-electron chi connectivity index (χ0n) is 5.03. The standard InChI is InChI=1S/C6H7N2.Ru/c1-5-3-2-4-6(7)8-5;/h2-4H,1H3,(H-,7,8);/q-1;+1. The molecule has 0 fully saturated rings. The molecule has 0 aliphatic heterocycles. The fourth-order valence-electron chi connectivity index (χ4n) is 0.543. The molecule has 1 aromatic rings. The normalized spacial score (nSPS) is 8.11. The number of hydrogen-bond acceptors (Lipinski definition) is 1. The number of aromatic nitrogens is 1. The van der Waals surface area contributed by atoms with Gasteiger partial charge in [-0.3, -0.25) is 0 Å². The Morgan fingerprint density at radius 3 is 2.44 bits per heavy atom. The van der Waals surface area contributed by atoms with E-state index in [0.717, 1.165) is 5.69 Å². The Kier molecular flexibility index (Phi) is 3.40. The van der Waals surface area contributed by atoms with Gasteiger partial charge >= 0.3 is 19.5 Å². The van der Waals surface area contributed by atoms with Crippen molar-refractivity contribution in [2.45, 2.75) is 6.92 Å². The number of nitrogens with zero attached hydrogens (tertiary/aromatic N) is 1. The summed E-state index contributed by atoms with van der Waals surface area (Å²) in [6, 6.07) is 5.36. The maximum Gasteiger partial charge on any atom is 1.00 e. The minimum atomic E-state index is 0. The molecule has 1 aromatic heterocycles. The van der Waals surface area contributed by atoms with Gasteiger partial charge in [0.05, 0.1) is 0 Å². The molecule has 9 heavy (non-hydrogen) atoms. The number of nitrogens with one attached hydrogen (secondary N) is 1. The van der Waals surface area contributed by atoms with Crippen LogP contribution < -0.4 is 0 Å². The molecule has 0 unspecified atom stereocenters. The van der Waals surface area contributed by atoms with Gasteiger partial charge in [0, 0.05) is 0 Å². The second-order valence-electron chi connectivity index (χ2n) is 1.66. The SMILES string of the molecule is Cc1cccc([NH-])n1.[Ru+]. The van der Waals surface area contributed by atoms with Crippen LogP contribution in [-0.4, -0.2) is 4.98 Å². The van der Waals surface area contributed by atoms with Crippen molar-refractivity contribution in [3.05, 3.63) is 29.6 Å². The first-order chi connectivity index (χ1) is 3.79. The van der Waals surface area contributed by atoms with Crippen molar-refractivity contribution >= 4 is 5.82 Å². The number of aryl methyl sites for hydroxylation is 1. The number of pyridine rings is 1. The summed E-state index contributed by atoms with van der Waals surface area (Å²) in [7, 11) is 0. The summed E-state index contributed by atoms with van der Waals surface area (Å²) in [5.74, 6) is 0.338. The first-order valence-electron chi connectivity index (χ1n) is 2.44. The Labute approximate surface area is 67.2 Å². The van der Waals surface area contributed by atoms with Gasteiger partial charge in [-0.05, 0) is 6.92 Å². The van der Waals surface area contributed by atoms with Crippen LogP contribution in [0.3, 0.4) is 0 Å². The van der Waals surface area contributed by atoms with Gasteiger partial charge in [-0.15, -0.1) is 0 Å². The third-order valence-corrected chi connectivity index (χ3v) is 0.888. The molecule has 49 valence electrons. The summed E-state index contributed by atoms with van der Waals surface area (Å²) < 4.78 is 0. The zero-order chi connectivity index (χ0) is 5.98. The second kappa shape index (κ2) is 3.57. The van der Waals surface area contributed by atoms with E-state index in [0.29, 0.717) is 5.82 Å². The van der Waals surface area contributed by atoms with Crippen molar-refractivity contribution < 1.29 is 19.5 Å². The second-order valence-corrected chi connectivity index (χ2v) is 1.66. The van der Waals surface area contributed by atoms with Crippen LogP contribution >= 0.6 is 0 Å². The van der Waals surface area contributed by atoms with Gasteiger partial charge in [0.2, 0.25) is 0 Å². The van der Waals surface area contributed by atoms with Gasteiger partial charge in [0.1, 0.15) is 0 Å². The minimum absolute atomic E-state index is 0. The monoisotopic (exact) mass is 209 g/mol. The summed E-state index contributed by atoms with van der Waals surface area (Å²) in [6.07, 6.45) is 0. The molecule has 1 heterocycles. The summed E-state index contributed by atoms with van der Waals surface area (Å²) in [5.41, 5.74) is 7.93. The van der Waals surface area contributed by atoms with Gasteiger partial charge in [-0.25, -0.2) is 0 Å². The third kappa shape index (κ3) is 2.57. The molecule has 0 saturated carbocycles. The Balaban J connectivity index is 0.000000640. The molecule has 0 saturated heterocycles. The quantitative estimate of drug-likeness (QED) is 0.601. The molecule has 0 aromatic carbocycles. The molecule has 0 aliphatic rings. The van der Waals surface area contributed by atoms with Crippen LogP contribution in [0.2, 0.25) is 0 Å². The van der Waals surface area contributed by atoms with Crippen LogP contribution in [0, 0.1) is 6.92 Å². The average Bonchev–Trinajstić information content (AvgIpc) is 1.64. The zero-order valence-corrected chi connectivity index (χ0v) is 6.77. The van der Waals surface area contributed by atoms with E-state index in [-0.39, 0.29) is 19.5 Å². The van der Waals surface area contributed by atoms with Gasteiger partial charge in [0.15, 0.2) is 0 Å². The molecule has 3 heteroatoms. The van der Waals surface area contributed by atoms with Crippen molar-refractivity contribution in [3.8, 4) is 0 Å². The molecule has 1 N–H and O–H groups in total. The van der Waals surface area contributed by atoms with Gasteiger partial charge in [0.25, 0.3) is 0 Å². The number of hydrogen-bond donors (Lipinski definition) is 0. The van der Waals surface area contributed by atoms with E-state index in [1.807, 2.05) is 19.1 Å². The van der Waals surface area contributed by atoms with Crippen LogP contribution in [0.25, 0.3) is 5.73 Å². The Bertz CT molecular complexity index is 171. The molecule has 0 aliphatic carbocycles. The molecule has 1 radical (unpaired) electrons. The number of rotatable bonds is 0. The molecular formula is C6H7N2Ru. The van der Waals surface area contributed by atoms with E-state index >= 15 is 0 Å². The first kappa shape index (κ1) is 8.57. The van der Waals surface area contributed by atoms with Crippen molar-refractivity contribution in [3.63, 3.8) is 0 Å². The van der Waals surface area contributed by atoms with E-state index < -0.39 is 0 Å². The van der Waals surface area contributed by atoms with Crippen LogP contribution in [0.15, 0.2) is 18.2 Å². The van der Waals surface area contributed by atoms with Crippen LogP contribution in [0.4, 0.5) is 5.82 Å². The fraction of sp³-hybridized carbons (Fsp3) is 0.167. The molecule has 1 rings (SSSR count). The molecule has 0 amide bonds. The third-order valence-electron chi connectivity index (χ3n) is 0.888. The van der Waals surface area contributed by atoms with Crippen LogP contribution in [-0.2, 0) is 19.5 Å². The van der Waals surface area contributed by atoms with Crippen molar-refractivity contribution in [2.24, 2.45) is 0 Å². The summed E-state index contributed by atoms with van der Waals surface area (Å²) in [5, 5.41) is 0. The Hall–Kier alpha value is -0.427. The predicted molar refractivity (Wildman–Crippen MR) is 33.0 cm³/mol. The van der Waals surface area contributed by atoms with E-state index in [1.165, 1.54) is 0 Å². The minimum Gasteiger partial charge on any atom is -0.482 e. The largest absolute Gasteiger partial charge is 1.00 e. The molecular weight excluding hydrogens is 201 g/mol. The smallest absolute Gasteiger partial charge is 0.482 e. The van der Waals surface area contributed by atoms with Gasteiger partial charge < -0.3 is 10.7 Å². The first-order valence-corrected chi connectivity index (χ1v) is 2.44. The average molecular weight is 208 g/mol. The van der Waals surface area contributed by atoms with Crippen LogP contribution in [0.1, 0.15) is 5.69 Å². The van der Waals surface area contributed by atoms with Crippen LogP contribution in [0.5, 0.6) is 0 Å². The molecule has 0 bridgehead atoms. The fourth-order valence-corrected chi connectivity index (χ4v) is 0.543. The summed E-state index contributed by atoms with van der Waals surface area (Å²) >= 11 is 0. The Morgan fingerprint density at radius 1 is 1.44 bits per heavy atom. The molecule has 0 atom stereocenters. The predicted octanol–water partition coefficient (Wildman–Crippen LogP) is 2.07. The maximum atomic E-state index is 7.02. The Morgan fingerprint density at radius 2 is 2.11 bits per heavy atom. The molecule has 2 nitrogen and oxygen atoms in total. The molecule has 0 spiro atoms. The van der Waals surface area contributed by atoms with E-state index in [1.54, 1.807) is 6.07 Å². The van der Waals surface area contributed by atoms with Crippen molar-refractivity contribution in [1.29, 1.82) is 0 Å². The van der Waals surface area contributed by atoms with E-state index in [4.69, 9.17) is 5.73 Å². The maximum absolute atomic E-state index is 7.02.